The molecule has 0 aliphatic rings. The van der Waals surface area contributed by atoms with Crippen LogP contribution in [0.15, 0.2) is 0 Å². The SMILES string of the molecule is CC(C)SC(C)CCC(=O)O. The first-order valence-electron chi connectivity index (χ1n) is 3.89. The topological polar surface area (TPSA) is 37.3 Å². The van der Waals surface area contributed by atoms with Gasteiger partial charge in [-0.3, -0.25) is 4.79 Å². The van der Waals surface area contributed by atoms with Crippen molar-refractivity contribution in [1.82, 2.24) is 0 Å². The van der Waals surface area contributed by atoms with Gasteiger partial charge >= 0.3 is 5.97 Å². The van der Waals surface area contributed by atoms with E-state index in [1.54, 1.807) is 0 Å². The highest BCUT2D eigenvalue weighted by molar-refractivity contribution is 8.00. The third-order valence-electron chi connectivity index (χ3n) is 1.27. The van der Waals surface area contributed by atoms with Crippen molar-refractivity contribution < 1.29 is 9.90 Å². The second-order valence-corrected chi connectivity index (χ2v) is 4.95. The minimum Gasteiger partial charge on any atom is -0.481 e. The summed E-state index contributed by atoms with van der Waals surface area (Å²) in [5.74, 6) is -0.693. The Bertz CT molecular complexity index is 123. The van der Waals surface area contributed by atoms with Crippen molar-refractivity contribution in [1.29, 1.82) is 0 Å². The summed E-state index contributed by atoms with van der Waals surface area (Å²) in [6, 6.07) is 0. The molecule has 1 N–H and O–H groups in total. The van der Waals surface area contributed by atoms with Crippen LogP contribution in [0.5, 0.6) is 0 Å². The van der Waals surface area contributed by atoms with E-state index in [9.17, 15) is 4.79 Å². The Hall–Kier alpha value is -0.180. The zero-order valence-corrected chi connectivity index (χ0v) is 8.15. The summed E-state index contributed by atoms with van der Waals surface area (Å²) in [4.78, 5) is 10.2. The molecule has 3 heteroatoms. The van der Waals surface area contributed by atoms with Crippen molar-refractivity contribution >= 4 is 17.7 Å². The van der Waals surface area contributed by atoms with Crippen LogP contribution in [0.2, 0.25) is 0 Å². The Morgan fingerprint density at radius 1 is 1.45 bits per heavy atom. The van der Waals surface area contributed by atoms with Gasteiger partial charge in [0.15, 0.2) is 0 Å². The van der Waals surface area contributed by atoms with Crippen LogP contribution in [0.4, 0.5) is 0 Å². The van der Waals surface area contributed by atoms with E-state index >= 15 is 0 Å². The molecule has 1 unspecified atom stereocenters. The van der Waals surface area contributed by atoms with Gasteiger partial charge in [0.2, 0.25) is 0 Å². The molecule has 11 heavy (non-hydrogen) atoms. The van der Waals surface area contributed by atoms with Crippen LogP contribution in [0, 0.1) is 0 Å². The number of rotatable bonds is 5. The third kappa shape index (κ3) is 7.72. The fraction of sp³-hybridized carbons (Fsp3) is 0.875. The number of hydrogen-bond donors (Lipinski definition) is 1. The van der Waals surface area contributed by atoms with Crippen LogP contribution in [-0.4, -0.2) is 21.6 Å². The molecule has 1 atom stereocenters. The molecule has 0 fully saturated rings. The van der Waals surface area contributed by atoms with E-state index in [2.05, 4.69) is 20.8 Å². The van der Waals surface area contributed by atoms with E-state index in [1.807, 2.05) is 11.8 Å². The van der Waals surface area contributed by atoms with Crippen LogP contribution in [0.3, 0.4) is 0 Å². The van der Waals surface area contributed by atoms with Gasteiger partial charge in [0.25, 0.3) is 0 Å². The Morgan fingerprint density at radius 2 is 2.00 bits per heavy atom. The predicted molar refractivity (Wildman–Crippen MR) is 49.1 cm³/mol. The number of carboxylic acid groups (broad SMARTS) is 1. The second-order valence-electron chi connectivity index (χ2n) is 2.93. The van der Waals surface area contributed by atoms with E-state index in [4.69, 9.17) is 5.11 Å². The van der Waals surface area contributed by atoms with Gasteiger partial charge in [-0.25, -0.2) is 0 Å². The van der Waals surface area contributed by atoms with Gasteiger partial charge < -0.3 is 5.11 Å². The number of aliphatic carboxylic acids is 1. The molecular formula is C8H16O2S. The monoisotopic (exact) mass is 176 g/mol. The molecule has 0 aromatic heterocycles. The summed E-state index contributed by atoms with van der Waals surface area (Å²) in [5.41, 5.74) is 0. The number of hydrogen-bond acceptors (Lipinski definition) is 2. The molecule has 0 saturated heterocycles. The van der Waals surface area contributed by atoms with Gasteiger partial charge in [-0.1, -0.05) is 20.8 Å². The first-order valence-corrected chi connectivity index (χ1v) is 4.84. The van der Waals surface area contributed by atoms with E-state index in [-0.39, 0.29) is 0 Å². The number of thioether (sulfide) groups is 1. The average Bonchev–Trinajstić information content (AvgIpc) is 1.82. The molecule has 0 spiro atoms. The Morgan fingerprint density at radius 3 is 2.36 bits per heavy atom. The van der Waals surface area contributed by atoms with Gasteiger partial charge in [-0.2, -0.15) is 11.8 Å². The maximum absolute atomic E-state index is 10.2. The lowest BCUT2D eigenvalue weighted by Gasteiger charge is -2.11. The van der Waals surface area contributed by atoms with E-state index in [1.165, 1.54) is 0 Å². The number of carboxylic acids is 1. The van der Waals surface area contributed by atoms with E-state index < -0.39 is 5.97 Å². The summed E-state index contributed by atoms with van der Waals surface area (Å²) in [7, 11) is 0. The van der Waals surface area contributed by atoms with Gasteiger partial charge in [-0.05, 0) is 11.7 Å². The largest absolute Gasteiger partial charge is 0.481 e. The molecule has 66 valence electrons. The summed E-state index contributed by atoms with van der Waals surface area (Å²) >= 11 is 1.83. The first kappa shape index (κ1) is 10.8. The van der Waals surface area contributed by atoms with Crippen molar-refractivity contribution in [3.05, 3.63) is 0 Å². The van der Waals surface area contributed by atoms with Gasteiger partial charge in [0.05, 0.1) is 0 Å². The molecule has 0 radical (unpaired) electrons. The smallest absolute Gasteiger partial charge is 0.303 e. The predicted octanol–water partition coefficient (Wildman–Crippen LogP) is 2.38. The van der Waals surface area contributed by atoms with E-state index in [0.717, 1.165) is 6.42 Å². The lowest BCUT2D eigenvalue weighted by molar-refractivity contribution is -0.137. The van der Waals surface area contributed by atoms with Crippen LogP contribution in [0.1, 0.15) is 33.6 Å². The summed E-state index contributed by atoms with van der Waals surface area (Å²) < 4.78 is 0. The van der Waals surface area contributed by atoms with E-state index in [0.29, 0.717) is 16.9 Å². The molecule has 0 aliphatic heterocycles. The second kappa shape index (κ2) is 5.47. The Kier molecular flexibility index (Phi) is 5.38. The highest BCUT2D eigenvalue weighted by atomic mass is 32.2. The fourth-order valence-corrected chi connectivity index (χ4v) is 2.04. The standard InChI is InChI=1S/C8H16O2S/c1-6(2)11-7(3)4-5-8(9)10/h6-7H,4-5H2,1-3H3,(H,9,10). The molecular weight excluding hydrogens is 160 g/mol. The maximum atomic E-state index is 10.2. The highest BCUT2D eigenvalue weighted by Gasteiger charge is 2.07. The Balaban J connectivity index is 3.37. The lowest BCUT2D eigenvalue weighted by atomic mass is 10.2. The quantitative estimate of drug-likeness (QED) is 0.698. The molecule has 0 bridgehead atoms. The first-order chi connectivity index (χ1) is 5.02. The molecule has 2 nitrogen and oxygen atoms in total. The van der Waals surface area contributed by atoms with Crippen molar-refractivity contribution in [2.45, 2.75) is 44.1 Å². The molecule has 0 aromatic carbocycles. The normalized spacial score (nSPS) is 13.5. The van der Waals surface area contributed by atoms with Crippen molar-refractivity contribution in [2.75, 3.05) is 0 Å². The molecule has 0 aliphatic carbocycles. The van der Waals surface area contributed by atoms with Gasteiger partial charge in [0, 0.05) is 11.7 Å². The molecule has 0 heterocycles. The molecule has 0 rings (SSSR count). The summed E-state index contributed by atoms with van der Waals surface area (Å²) in [6.07, 6.45) is 1.07. The highest BCUT2D eigenvalue weighted by Crippen LogP contribution is 2.20. The zero-order chi connectivity index (χ0) is 8.85. The van der Waals surface area contributed by atoms with Crippen molar-refractivity contribution in [3.8, 4) is 0 Å². The third-order valence-corrected chi connectivity index (χ3v) is 2.51. The molecule has 0 amide bonds. The summed E-state index contributed by atoms with van der Waals surface area (Å²) in [5, 5.41) is 9.45. The zero-order valence-electron chi connectivity index (χ0n) is 7.33. The minimum absolute atomic E-state index is 0.293. The van der Waals surface area contributed by atoms with Crippen LogP contribution >= 0.6 is 11.8 Å². The maximum Gasteiger partial charge on any atom is 0.303 e. The number of carbonyl (C=O) groups is 1. The minimum atomic E-state index is -0.693. The van der Waals surface area contributed by atoms with Crippen LogP contribution in [-0.2, 0) is 4.79 Å². The fourth-order valence-electron chi connectivity index (χ4n) is 0.859. The van der Waals surface area contributed by atoms with Crippen LogP contribution < -0.4 is 0 Å². The van der Waals surface area contributed by atoms with Gasteiger partial charge in [0.1, 0.15) is 0 Å². The molecule has 0 saturated carbocycles. The van der Waals surface area contributed by atoms with Gasteiger partial charge in [-0.15, -0.1) is 0 Å². The molecule has 0 aromatic rings. The van der Waals surface area contributed by atoms with Crippen molar-refractivity contribution in [3.63, 3.8) is 0 Å². The van der Waals surface area contributed by atoms with Crippen molar-refractivity contribution in [2.24, 2.45) is 0 Å². The average molecular weight is 176 g/mol. The Labute approximate surface area is 72.4 Å². The van der Waals surface area contributed by atoms with Crippen LogP contribution in [0.25, 0.3) is 0 Å². The summed E-state index contributed by atoms with van der Waals surface area (Å²) in [6.45, 7) is 6.33. The lowest BCUT2D eigenvalue weighted by Crippen LogP contribution is -2.05.